The maximum atomic E-state index is 12.2. The number of esters is 4. The number of aliphatic carboxylic acids is 1. The number of carbonyl (C=O) groups excluding carboxylic acids is 10. The first-order valence-corrected chi connectivity index (χ1v) is 27.8. The predicted molar refractivity (Wildman–Crippen MR) is 297 cm³/mol. The maximum Gasteiger partial charge on any atom is 0.417 e. The second kappa shape index (κ2) is 29.3. The van der Waals surface area contributed by atoms with Gasteiger partial charge in [0.25, 0.3) is 0 Å². The normalized spacial score (nSPS) is 22.8. The Hall–Kier alpha value is -6.27. The van der Waals surface area contributed by atoms with E-state index in [0.717, 1.165) is 16.2 Å². The van der Waals surface area contributed by atoms with Crippen molar-refractivity contribution in [3.05, 3.63) is 0 Å². The number of carboxylic acids is 1. The lowest BCUT2D eigenvalue weighted by Gasteiger charge is -2.31. The van der Waals surface area contributed by atoms with E-state index in [1.165, 1.54) is 4.90 Å². The van der Waals surface area contributed by atoms with Crippen molar-refractivity contribution in [2.75, 3.05) is 0 Å². The van der Waals surface area contributed by atoms with Crippen LogP contribution >= 0.6 is 0 Å². The van der Waals surface area contributed by atoms with E-state index in [4.69, 9.17) is 38.3 Å². The highest BCUT2D eigenvalue weighted by atomic mass is 16.6. The summed E-state index contributed by atoms with van der Waals surface area (Å²) in [7, 11) is 0. The van der Waals surface area contributed by atoms with Crippen LogP contribution in [0.2, 0.25) is 0 Å². The molecule has 5 heterocycles. The van der Waals surface area contributed by atoms with Crippen LogP contribution in [-0.4, -0.2) is 172 Å². The Labute approximate surface area is 484 Å². The molecule has 25 heteroatoms. The molecule has 6 amide bonds. The van der Waals surface area contributed by atoms with E-state index in [0.29, 0.717) is 44.9 Å². The number of aliphatic hydroxyl groups excluding tert-OH is 1. The summed E-state index contributed by atoms with van der Waals surface area (Å²) in [6.45, 7) is 39.0. The number of carbonyl (C=O) groups is 11. The van der Waals surface area contributed by atoms with E-state index in [1.807, 2.05) is 69.2 Å². The zero-order chi connectivity index (χ0) is 64.1. The second-order valence-corrected chi connectivity index (χ2v) is 27.4. The molecular weight excluding hydrogens is 1070 g/mol. The molecule has 4 N–H and O–H groups in total. The van der Waals surface area contributed by atoms with Crippen LogP contribution in [-0.2, 0) is 71.5 Å². The lowest BCUT2D eigenvalue weighted by molar-refractivity contribution is -0.162. The summed E-state index contributed by atoms with van der Waals surface area (Å²) < 4.78 is 36.8. The number of likely N-dealkylation sites (tertiary alicyclic amines) is 3. The first-order valence-electron chi connectivity index (χ1n) is 27.8. The molecule has 5 aliphatic heterocycles. The number of carboxylic acid groups (broad SMARTS) is 1. The minimum Gasteiger partial charge on any atom is -0.480 e. The van der Waals surface area contributed by atoms with Gasteiger partial charge in [-0.25, -0.2) is 43.3 Å². The molecule has 0 aromatic heterocycles. The highest BCUT2D eigenvalue weighted by molar-refractivity contribution is 5.99. The summed E-state index contributed by atoms with van der Waals surface area (Å²) in [5, 5.41) is 23.1. The Bertz CT molecular complexity index is 2200. The van der Waals surface area contributed by atoms with Gasteiger partial charge in [0.1, 0.15) is 75.6 Å². The summed E-state index contributed by atoms with van der Waals surface area (Å²) in [5.41, 5.74) is -4.31. The molecule has 2 unspecified atom stereocenters. The summed E-state index contributed by atoms with van der Waals surface area (Å²) in [5.74, 6) is -3.37. The van der Waals surface area contributed by atoms with Crippen molar-refractivity contribution in [3.63, 3.8) is 0 Å². The van der Waals surface area contributed by atoms with Crippen LogP contribution in [0, 0.1) is 0 Å². The largest absolute Gasteiger partial charge is 0.480 e. The highest BCUT2D eigenvalue weighted by Crippen LogP contribution is 2.30. The van der Waals surface area contributed by atoms with Gasteiger partial charge in [0.15, 0.2) is 0 Å². The number of ether oxygens (including phenoxy) is 7. The first-order chi connectivity index (χ1) is 36.8. The minimum atomic E-state index is -1.01. The predicted octanol–water partition coefficient (Wildman–Crippen LogP) is 7.37. The van der Waals surface area contributed by atoms with Crippen molar-refractivity contribution < 1.29 is 96.1 Å². The van der Waals surface area contributed by atoms with Crippen molar-refractivity contribution in [3.8, 4) is 0 Å². The molecule has 0 bridgehead atoms. The zero-order valence-electron chi connectivity index (χ0n) is 52.7. The third-order valence-electron chi connectivity index (χ3n) is 11.1. The van der Waals surface area contributed by atoms with Gasteiger partial charge in [0.2, 0.25) is 17.7 Å². The van der Waals surface area contributed by atoms with Crippen molar-refractivity contribution in [2.45, 2.75) is 298 Å². The molecule has 7 atom stereocenters. The molecule has 5 rings (SSSR count). The van der Waals surface area contributed by atoms with Gasteiger partial charge in [-0.15, -0.1) is 0 Å². The van der Waals surface area contributed by atoms with Crippen LogP contribution in [0.15, 0.2) is 0 Å². The molecule has 82 heavy (non-hydrogen) atoms. The number of amides is 6. The van der Waals surface area contributed by atoms with Crippen molar-refractivity contribution in [2.24, 2.45) is 0 Å². The van der Waals surface area contributed by atoms with E-state index in [9.17, 15) is 57.8 Å². The Morgan fingerprint density at radius 3 is 1.09 bits per heavy atom. The van der Waals surface area contributed by atoms with Crippen LogP contribution in [0.4, 0.5) is 14.4 Å². The number of rotatable bonds is 5. The third-order valence-corrected chi connectivity index (χ3v) is 11.1. The molecular formula is C57H97N5O20. The third kappa shape index (κ3) is 28.1. The SMILES string of the molecule is CC(C)(C)OC(=O)[C@@H]1CCC(=O)N1.CC(C)(C)OC(=O)[C@@H]1CCC(=O)N1C(=O)OC(C)(C)C.CC(C)(C)OC(=O)[C@@H]1CCC(O)N1C(=O)OC(C)(C)C.CC1CC[C@@H](C(=O)OC(C)(C)C)N1C(=O)OC(C)(C)C.O=C1CC[C@@H](C(=O)O)N1. The van der Waals surface area contributed by atoms with Crippen LogP contribution < -0.4 is 10.6 Å². The molecule has 0 aromatic rings. The van der Waals surface area contributed by atoms with Gasteiger partial charge in [0.05, 0.1) is 0 Å². The van der Waals surface area contributed by atoms with E-state index in [-0.39, 0.29) is 42.6 Å². The Morgan fingerprint density at radius 1 is 0.402 bits per heavy atom. The van der Waals surface area contributed by atoms with Crippen molar-refractivity contribution >= 4 is 65.8 Å². The van der Waals surface area contributed by atoms with E-state index < -0.39 is 118 Å². The number of nitrogens with zero attached hydrogens (tertiary/aromatic N) is 3. The number of nitrogens with one attached hydrogen (secondary N) is 2. The molecule has 25 nitrogen and oxygen atoms in total. The van der Waals surface area contributed by atoms with Gasteiger partial charge in [-0.3, -0.25) is 24.2 Å². The van der Waals surface area contributed by atoms with Gasteiger partial charge < -0.3 is 54.0 Å². The smallest absolute Gasteiger partial charge is 0.417 e. The average Bonchev–Trinajstić information content (AvgIpc) is 4.09. The molecule has 0 aromatic carbocycles. The molecule has 5 saturated heterocycles. The topological polar surface area (TPSA) is 327 Å². The lowest BCUT2D eigenvalue weighted by Crippen LogP contribution is -2.48. The molecule has 5 fully saturated rings. The summed E-state index contributed by atoms with van der Waals surface area (Å²) in [6, 6.07) is -3.32. The monoisotopic (exact) mass is 1170 g/mol. The van der Waals surface area contributed by atoms with Crippen LogP contribution in [0.3, 0.4) is 0 Å². The number of hydrogen-bond donors (Lipinski definition) is 4. The van der Waals surface area contributed by atoms with E-state index >= 15 is 0 Å². The average molecular weight is 1170 g/mol. The molecule has 470 valence electrons. The fourth-order valence-electron chi connectivity index (χ4n) is 7.94. The number of imide groups is 1. The summed E-state index contributed by atoms with van der Waals surface area (Å²) in [6.07, 6.45) is 1.31. The Kier molecular flexibility index (Phi) is 26.4. The van der Waals surface area contributed by atoms with Crippen LogP contribution in [0.25, 0.3) is 0 Å². The fourth-order valence-corrected chi connectivity index (χ4v) is 7.94. The van der Waals surface area contributed by atoms with Crippen LogP contribution in [0.1, 0.15) is 217 Å². The van der Waals surface area contributed by atoms with Gasteiger partial charge in [0, 0.05) is 25.3 Å². The molecule has 0 aliphatic carbocycles. The zero-order valence-corrected chi connectivity index (χ0v) is 52.7. The molecule has 0 spiro atoms. The van der Waals surface area contributed by atoms with Crippen LogP contribution in [0.5, 0.6) is 0 Å². The summed E-state index contributed by atoms with van der Waals surface area (Å²) >= 11 is 0. The fraction of sp³-hybridized carbons (Fsp3) is 0.807. The Morgan fingerprint density at radius 2 is 0.732 bits per heavy atom. The van der Waals surface area contributed by atoms with Gasteiger partial charge >= 0.3 is 48.1 Å². The lowest BCUT2D eigenvalue weighted by atomic mass is 10.1. The van der Waals surface area contributed by atoms with Crippen molar-refractivity contribution in [1.29, 1.82) is 0 Å². The molecule has 0 radical (unpaired) electrons. The van der Waals surface area contributed by atoms with Crippen molar-refractivity contribution in [1.82, 2.24) is 25.3 Å². The number of hydrogen-bond acceptors (Lipinski definition) is 19. The standard InChI is InChI=1S/C15H27NO4.C14H25NO5.C14H23NO5.C9H15NO3.C5H7NO3/c1-10-8-9-11(12(17)19-14(2,3)4)16(10)13(18)20-15(5,6)7;2*1-13(2,3)19-11(17)9-7-8-10(16)15(9)12(18)20-14(4,5)6;1-9(2,3)13-8(12)6-4-5-7(11)10-6;7-4-2-1-3(6-4)5(8)9/h10-11H,8-9H2,1-7H3;9-10,16H,7-8H2,1-6H3;9H,7-8H2,1-6H3;6H,4-5H2,1-3H3,(H,10,11);3H,1-2H2,(H,6,7)(H,8,9)/t10?,11-;9-,10?;9-;6-;3-/m00000/s1. The quantitative estimate of drug-likeness (QED) is 0.154. The van der Waals surface area contributed by atoms with E-state index in [2.05, 4.69) is 10.6 Å². The molecule has 0 saturated carbocycles. The van der Waals surface area contributed by atoms with Gasteiger partial charge in [-0.1, -0.05) is 0 Å². The maximum absolute atomic E-state index is 12.2. The Balaban J connectivity index is 0.000000525. The minimum absolute atomic E-state index is 0.0117. The first kappa shape index (κ1) is 73.7. The highest BCUT2D eigenvalue weighted by Gasteiger charge is 2.46. The number of aliphatic hydroxyl groups is 1. The molecule has 5 aliphatic rings. The summed E-state index contributed by atoms with van der Waals surface area (Å²) in [4.78, 5) is 131. The van der Waals surface area contributed by atoms with E-state index in [1.54, 1.807) is 83.1 Å². The van der Waals surface area contributed by atoms with Gasteiger partial charge in [-0.2, -0.15) is 0 Å². The second-order valence-electron chi connectivity index (χ2n) is 27.4. The van der Waals surface area contributed by atoms with Gasteiger partial charge in [-0.05, 0) is 197 Å².